The largest absolute Gasteiger partial charge is 0.315 e. The minimum Gasteiger partial charge on any atom is -0.315 e. The van der Waals surface area contributed by atoms with E-state index in [0.717, 1.165) is 32.0 Å². The van der Waals surface area contributed by atoms with Gasteiger partial charge in [-0.05, 0) is 31.7 Å². The molecular weight excluding hydrogens is 162 g/mol. The molecule has 1 unspecified atom stereocenters. The van der Waals surface area contributed by atoms with Crippen LogP contribution in [-0.2, 0) is 0 Å². The highest BCUT2D eigenvalue weighted by Gasteiger charge is 2.24. The van der Waals surface area contributed by atoms with E-state index in [9.17, 15) is 0 Å². The van der Waals surface area contributed by atoms with E-state index < -0.39 is 0 Å². The van der Waals surface area contributed by atoms with E-state index in [2.05, 4.69) is 17.9 Å². The number of nitriles is 1. The summed E-state index contributed by atoms with van der Waals surface area (Å²) in [6.45, 7) is 5.12. The second-order valence-electron chi connectivity index (χ2n) is 3.94. The molecule has 0 saturated heterocycles. The Labute approximate surface area is 80.5 Å². The van der Waals surface area contributed by atoms with Crippen molar-refractivity contribution in [2.75, 3.05) is 19.6 Å². The lowest BCUT2D eigenvalue weighted by atomic mass is 10.2. The summed E-state index contributed by atoms with van der Waals surface area (Å²) in [4.78, 5) is 2.32. The zero-order chi connectivity index (χ0) is 9.68. The zero-order valence-corrected chi connectivity index (χ0v) is 8.37. The number of hydrogen-bond acceptors (Lipinski definition) is 3. The normalized spacial score (nSPS) is 18.6. The fraction of sp³-hybridized carbons (Fsp3) is 0.900. The summed E-state index contributed by atoms with van der Waals surface area (Å²) in [5.41, 5.74) is 5.60. The molecular formula is C10H19N3. The smallest absolute Gasteiger partial charge is 0.106 e. The Morgan fingerprint density at radius 3 is 2.77 bits per heavy atom. The number of nitrogens with two attached hydrogens (primary N) is 1. The quantitative estimate of drug-likeness (QED) is 0.664. The number of nitrogens with zero attached hydrogens (tertiary/aromatic N) is 2. The van der Waals surface area contributed by atoms with Gasteiger partial charge in [0.2, 0.25) is 0 Å². The second kappa shape index (κ2) is 5.21. The van der Waals surface area contributed by atoms with E-state index in [1.807, 2.05) is 0 Å². The van der Waals surface area contributed by atoms with Gasteiger partial charge in [-0.3, -0.25) is 0 Å². The topological polar surface area (TPSA) is 53.0 Å². The minimum atomic E-state index is -0.315. The van der Waals surface area contributed by atoms with Gasteiger partial charge in [0.25, 0.3) is 0 Å². The van der Waals surface area contributed by atoms with E-state index in [-0.39, 0.29) is 6.04 Å². The Kier molecular flexibility index (Phi) is 4.20. The predicted octanol–water partition coefficient (Wildman–Crippen LogP) is 0.959. The number of rotatable bonds is 6. The average Bonchev–Trinajstić information content (AvgIpc) is 2.88. The van der Waals surface area contributed by atoms with Crippen LogP contribution in [0.1, 0.15) is 26.2 Å². The highest BCUT2D eigenvalue weighted by atomic mass is 15.1. The van der Waals surface area contributed by atoms with Crippen molar-refractivity contribution >= 4 is 0 Å². The molecule has 0 aromatic rings. The maximum Gasteiger partial charge on any atom is 0.106 e. The lowest BCUT2D eigenvalue weighted by Crippen LogP contribution is -2.38. The molecule has 0 aromatic heterocycles. The molecule has 3 nitrogen and oxygen atoms in total. The Balaban J connectivity index is 2.23. The van der Waals surface area contributed by atoms with Gasteiger partial charge in [-0.15, -0.1) is 0 Å². The highest BCUT2D eigenvalue weighted by Crippen LogP contribution is 2.29. The van der Waals surface area contributed by atoms with Gasteiger partial charge in [0.05, 0.1) is 6.07 Å². The third-order valence-electron chi connectivity index (χ3n) is 2.37. The maximum absolute atomic E-state index is 8.60. The molecule has 74 valence electrons. The predicted molar refractivity (Wildman–Crippen MR) is 53.0 cm³/mol. The lowest BCUT2D eigenvalue weighted by Gasteiger charge is -2.22. The summed E-state index contributed by atoms with van der Waals surface area (Å²) in [5.74, 6) is 0.887. The Hall–Kier alpha value is -0.590. The summed E-state index contributed by atoms with van der Waals surface area (Å²) in [5, 5.41) is 8.60. The molecule has 1 atom stereocenters. The van der Waals surface area contributed by atoms with Crippen LogP contribution in [0.3, 0.4) is 0 Å². The highest BCUT2D eigenvalue weighted by molar-refractivity contribution is 4.90. The summed E-state index contributed by atoms with van der Waals surface area (Å²) >= 11 is 0. The molecule has 1 saturated carbocycles. The molecule has 0 spiro atoms. The second-order valence-corrected chi connectivity index (χ2v) is 3.94. The van der Waals surface area contributed by atoms with Crippen molar-refractivity contribution in [3.8, 4) is 6.07 Å². The van der Waals surface area contributed by atoms with Gasteiger partial charge in [0, 0.05) is 13.1 Å². The molecule has 1 aliphatic carbocycles. The van der Waals surface area contributed by atoms with Crippen LogP contribution < -0.4 is 5.73 Å². The van der Waals surface area contributed by atoms with Gasteiger partial charge >= 0.3 is 0 Å². The SMILES string of the molecule is CCCN(CC(N)C#N)CC1CC1. The average molecular weight is 181 g/mol. The van der Waals surface area contributed by atoms with Crippen molar-refractivity contribution in [2.24, 2.45) is 11.7 Å². The summed E-state index contributed by atoms with van der Waals surface area (Å²) in [6, 6.07) is 1.77. The summed E-state index contributed by atoms with van der Waals surface area (Å²) in [7, 11) is 0. The monoisotopic (exact) mass is 181 g/mol. The molecule has 13 heavy (non-hydrogen) atoms. The van der Waals surface area contributed by atoms with Gasteiger partial charge < -0.3 is 10.6 Å². The fourth-order valence-electron chi connectivity index (χ4n) is 1.56. The van der Waals surface area contributed by atoms with Crippen LogP contribution in [0.5, 0.6) is 0 Å². The van der Waals surface area contributed by atoms with Crippen LogP contribution in [0.2, 0.25) is 0 Å². The zero-order valence-electron chi connectivity index (χ0n) is 8.37. The van der Waals surface area contributed by atoms with Crippen LogP contribution in [0.25, 0.3) is 0 Å². The molecule has 0 aliphatic heterocycles. The van der Waals surface area contributed by atoms with Crippen LogP contribution in [0, 0.1) is 17.2 Å². The summed E-state index contributed by atoms with van der Waals surface area (Å²) < 4.78 is 0. The first-order chi connectivity index (χ1) is 6.26. The molecule has 3 heteroatoms. The molecule has 1 aliphatic rings. The van der Waals surface area contributed by atoms with Crippen LogP contribution >= 0.6 is 0 Å². The Morgan fingerprint density at radius 2 is 2.31 bits per heavy atom. The van der Waals surface area contributed by atoms with Crippen molar-refractivity contribution in [3.63, 3.8) is 0 Å². The third kappa shape index (κ3) is 4.25. The van der Waals surface area contributed by atoms with Crippen molar-refractivity contribution in [1.29, 1.82) is 5.26 Å². The Morgan fingerprint density at radius 1 is 1.62 bits per heavy atom. The molecule has 0 radical (unpaired) electrons. The van der Waals surface area contributed by atoms with Gasteiger partial charge in [-0.1, -0.05) is 6.92 Å². The molecule has 0 amide bonds. The van der Waals surface area contributed by atoms with E-state index in [1.54, 1.807) is 0 Å². The maximum atomic E-state index is 8.60. The molecule has 1 fully saturated rings. The molecule has 2 N–H and O–H groups in total. The first-order valence-electron chi connectivity index (χ1n) is 5.13. The molecule has 0 heterocycles. The van der Waals surface area contributed by atoms with Crippen molar-refractivity contribution in [2.45, 2.75) is 32.2 Å². The van der Waals surface area contributed by atoms with Gasteiger partial charge in [0.15, 0.2) is 0 Å². The molecule has 0 aromatic carbocycles. The summed E-state index contributed by atoms with van der Waals surface area (Å²) in [6.07, 6.45) is 3.87. The first kappa shape index (κ1) is 10.5. The van der Waals surface area contributed by atoms with Gasteiger partial charge in [-0.2, -0.15) is 5.26 Å². The number of hydrogen-bond donors (Lipinski definition) is 1. The van der Waals surface area contributed by atoms with Gasteiger partial charge in [-0.25, -0.2) is 0 Å². The van der Waals surface area contributed by atoms with Crippen molar-refractivity contribution in [3.05, 3.63) is 0 Å². The fourth-order valence-corrected chi connectivity index (χ4v) is 1.56. The van der Waals surface area contributed by atoms with E-state index in [1.165, 1.54) is 12.8 Å². The lowest BCUT2D eigenvalue weighted by molar-refractivity contribution is 0.259. The van der Waals surface area contributed by atoms with Crippen molar-refractivity contribution in [1.82, 2.24) is 4.90 Å². The van der Waals surface area contributed by atoms with E-state index >= 15 is 0 Å². The first-order valence-corrected chi connectivity index (χ1v) is 5.13. The molecule has 0 bridgehead atoms. The van der Waals surface area contributed by atoms with Crippen LogP contribution in [0.15, 0.2) is 0 Å². The van der Waals surface area contributed by atoms with Gasteiger partial charge in [0.1, 0.15) is 6.04 Å². The standard InChI is InChI=1S/C10H19N3/c1-2-5-13(7-9-3-4-9)8-10(12)6-11/h9-10H,2-5,7-8,12H2,1H3. The third-order valence-corrected chi connectivity index (χ3v) is 2.37. The molecule has 1 rings (SSSR count). The van der Waals surface area contributed by atoms with Crippen LogP contribution in [0.4, 0.5) is 0 Å². The Bertz CT molecular complexity index is 181. The van der Waals surface area contributed by atoms with E-state index in [0.29, 0.717) is 0 Å². The van der Waals surface area contributed by atoms with Crippen molar-refractivity contribution < 1.29 is 0 Å². The van der Waals surface area contributed by atoms with Crippen LogP contribution in [-0.4, -0.2) is 30.6 Å². The minimum absolute atomic E-state index is 0.315. The van der Waals surface area contributed by atoms with E-state index in [4.69, 9.17) is 11.0 Å².